The second kappa shape index (κ2) is 4.60. The van der Waals surface area contributed by atoms with E-state index in [1.54, 1.807) is 6.07 Å². The molecule has 0 amide bonds. The number of aryl methyl sites for hydroxylation is 1. The van der Waals surface area contributed by atoms with E-state index >= 15 is 0 Å². The van der Waals surface area contributed by atoms with Crippen LogP contribution in [-0.2, 0) is 0 Å². The Bertz CT molecular complexity index is 292. The molecule has 1 aromatic heterocycles. The fourth-order valence-electron chi connectivity index (χ4n) is 1.38. The quantitative estimate of drug-likeness (QED) is 0.723. The van der Waals surface area contributed by atoms with E-state index in [0.717, 1.165) is 12.2 Å². The van der Waals surface area contributed by atoms with Gasteiger partial charge in [-0.2, -0.15) is 0 Å². The van der Waals surface area contributed by atoms with Crippen molar-refractivity contribution in [1.29, 1.82) is 0 Å². The smallest absolute Gasteiger partial charge is 0.227 e. The van der Waals surface area contributed by atoms with Gasteiger partial charge in [0.1, 0.15) is 5.15 Å². The molecule has 1 heterocycles. The molecule has 0 bridgehead atoms. The van der Waals surface area contributed by atoms with E-state index in [2.05, 4.69) is 35.6 Å². The van der Waals surface area contributed by atoms with Gasteiger partial charge in [-0.3, -0.25) is 0 Å². The van der Waals surface area contributed by atoms with Crippen LogP contribution in [0.1, 0.15) is 26.5 Å². The second-order valence-electron chi connectivity index (χ2n) is 3.51. The van der Waals surface area contributed by atoms with Gasteiger partial charge in [0.15, 0.2) is 0 Å². The summed E-state index contributed by atoms with van der Waals surface area (Å²) < 4.78 is 0. The lowest BCUT2D eigenvalue weighted by Gasteiger charge is -2.25. The summed E-state index contributed by atoms with van der Waals surface area (Å²) in [7, 11) is 0. The van der Waals surface area contributed by atoms with Crippen molar-refractivity contribution in [3.63, 3.8) is 0 Å². The zero-order valence-corrected chi connectivity index (χ0v) is 9.84. The molecule has 1 rings (SSSR count). The number of rotatable bonds is 3. The first-order valence-electron chi connectivity index (χ1n) is 4.82. The highest BCUT2D eigenvalue weighted by Gasteiger charge is 2.11. The number of halogens is 1. The van der Waals surface area contributed by atoms with Gasteiger partial charge in [0.25, 0.3) is 0 Å². The van der Waals surface area contributed by atoms with Gasteiger partial charge in [-0.1, -0.05) is 11.6 Å². The second-order valence-corrected chi connectivity index (χ2v) is 3.90. The molecule has 0 spiro atoms. The summed E-state index contributed by atoms with van der Waals surface area (Å²) in [6.45, 7) is 9.12. The minimum absolute atomic E-state index is 0.387. The van der Waals surface area contributed by atoms with Crippen LogP contribution in [0.5, 0.6) is 0 Å². The van der Waals surface area contributed by atoms with Crippen LogP contribution in [0, 0.1) is 6.92 Å². The fraction of sp³-hybridized carbons (Fsp3) is 0.600. The predicted molar refractivity (Wildman–Crippen MR) is 59.9 cm³/mol. The van der Waals surface area contributed by atoms with Gasteiger partial charge in [-0.15, -0.1) is 0 Å². The molecular weight excluding hydrogens is 198 g/mol. The molecule has 0 aromatic carbocycles. The van der Waals surface area contributed by atoms with E-state index < -0.39 is 0 Å². The van der Waals surface area contributed by atoms with Crippen molar-refractivity contribution < 1.29 is 0 Å². The lowest BCUT2D eigenvalue weighted by molar-refractivity contribution is 0.679. The summed E-state index contributed by atoms with van der Waals surface area (Å²) in [5, 5.41) is 0.506. The van der Waals surface area contributed by atoms with Crippen molar-refractivity contribution in [2.45, 2.75) is 33.7 Å². The Balaban J connectivity index is 3.04. The molecule has 1 aromatic rings. The summed E-state index contributed by atoms with van der Waals surface area (Å²) >= 11 is 5.88. The number of aromatic nitrogens is 2. The number of nitrogens with zero attached hydrogens (tertiary/aromatic N) is 3. The summed E-state index contributed by atoms with van der Waals surface area (Å²) in [6, 6.07) is 2.15. The number of hydrogen-bond acceptors (Lipinski definition) is 3. The van der Waals surface area contributed by atoms with Crippen molar-refractivity contribution in [3.05, 3.63) is 16.9 Å². The summed E-state index contributed by atoms with van der Waals surface area (Å²) in [4.78, 5) is 10.7. The zero-order chi connectivity index (χ0) is 10.7. The van der Waals surface area contributed by atoms with Crippen LogP contribution in [0.2, 0.25) is 5.15 Å². The Morgan fingerprint density at radius 3 is 2.50 bits per heavy atom. The predicted octanol–water partition coefficient (Wildman–Crippen LogP) is 2.67. The maximum Gasteiger partial charge on any atom is 0.227 e. The first-order chi connectivity index (χ1) is 6.54. The van der Waals surface area contributed by atoms with E-state index in [1.807, 2.05) is 6.92 Å². The Morgan fingerprint density at radius 1 is 1.43 bits per heavy atom. The minimum Gasteiger partial charge on any atom is -0.339 e. The fourth-order valence-corrected chi connectivity index (χ4v) is 1.61. The number of anilines is 1. The maximum absolute atomic E-state index is 5.88. The van der Waals surface area contributed by atoms with E-state index in [-0.39, 0.29) is 0 Å². The molecule has 0 aliphatic rings. The average Bonchev–Trinajstić information content (AvgIpc) is 2.02. The zero-order valence-electron chi connectivity index (χ0n) is 9.08. The van der Waals surface area contributed by atoms with E-state index in [1.165, 1.54) is 0 Å². The standard InChI is InChI=1S/C10H16ClN3/c1-5-14(7(2)3)10-12-8(4)6-9(11)13-10/h6-7H,5H2,1-4H3. The van der Waals surface area contributed by atoms with Gasteiger partial charge in [-0.25, -0.2) is 9.97 Å². The molecule has 4 heteroatoms. The SMILES string of the molecule is CCN(c1nc(C)cc(Cl)n1)C(C)C. The van der Waals surface area contributed by atoms with Gasteiger partial charge in [0.05, 0.1) is 0 Å². The van der Waals surface area contributed by atoms with E-state index in [9.17, 15) is 0 Å². The number of hydrogen-bond donors (Lipinski definition) is 0. The summed E-state index contributed by atoms with van der Waals surface area (Å²) in [5.74, 6) is 0.715. The minimum atomic E-state index is 0.387. The Labute approximate surface area is 90.1 Å². The molecule has 0 radical (unpaired) electrons. The van der Waals surface area contributed by atoms with Crippen LogP contribution in [0.15, 0.2) is 6.07 Å². The third-order valence-corrected chi connectivity index (χ3v) is 2.23. The van der Waals surface area contributed by atoms with Gasteiger partial charge >= 0.3 is 0 Å². The Morgan fingerprint density at radius 2 is 2.07 bits per heavy atom. The van der Waals surface area contributed by atoms with Crippen LogP contribution >= 0.6 is 11.6 Å². The Hall–Kier alpha value is -0.830. The summed E-state index contributed by atoms with van der Waals surface area (Å²) in [5.41, 5.74) is 0.902. The summed E-state index contributed by atoms with van der Waals surface area (Å²) in [6.07, 6.45) is 0. The van der Waals surface area contributed by atoms with Crippen LogP contribution < -0.4 is 4.90 Å². The molecule has 3 nitrogen and oxygen atoms in total. The molecule has 0 saturated heterocycles. The molecule has 0 N–H and O–H groups in total. The van der Waals surface area contributed by atoms with Crippen molar-refractivity contribution in [3.8, 4) is 0 Å². The molecule has 78 valence electrons. The van der Waals surface area contributed by atoms with Crippen LogP contribution in [-0.4, -0.2) is 22.6 Å². The lowest BCUT2D eigenvalue weighted by atomic mass is 10.3. The molecule has 0 atom stereocenters. The van der Waals surface area contributed by atoms with E-state index in [4.69, 9.17) is 11.6 Å². The Kier molecular flexibility index (Phi) is 3.69. The first-order valence-corrected chi connectivity index (χ1v) is 5.20. The van der Waals surface area contributed by atoms with Gasteiger partial charge < -0.3 is 4.90 Å². The molecule has 0 saturated carbocycles. The van der Waals surface area contributed by atoms with Crippen molar-refractivity contribution in [1.82, 2.24) is 9.97 Å². The molecule has 0 fully saturated rings. The monoisotopic (exact) mass is 213 g/mol. The molecule has 0 aliphatic heterocycles. The molecular formula is C10H16ClN3. The third kappa shape index (κ3) is 2.58. The van der Waals surface area contributed by atoms with Crippen LogP contribution in [0.4, 0.5) is 5.95 Å². The highest BCUT2D eigenvalue weighted by atomic mass is 35.5. The highest BCUT2D eigenvalue weighted by molar-refractivity contribution is 6.29. The van der Waals surface area contributed by atoms with Crippen molar-refractivity contribution in [2.24, 2.45) is 0 Å². The normalized spacial score (nSPS) is 10.7. The van der Waals surface area contributed by atoms with Gasteiger partial charge in [0.2, 0.25) is 5.95 Å². The van der Waals surface area contributed by atoms with Crippen LogP contribution in [0.3, 0.4) is 0 Å². The van der Waals surface area contributed by atoms with E-state index in [0.29, 0.717) is 17.1 Å². The average molecular weight is 214 g/mol. The van der Waals surface area contributed by atoms with Gasteiger partial charge in [-0.05, 0) is 33.8 Å². The van der Waals surface area contributed by atoms with Crippen LogP contribution in [0.25, 0.3) is 0 Å². The molecule has 0 aliphatic carbocycles. The highest BCUT2D eigenvalue weighted by Crippen LogP contribution is 2.15. The van der Waals surface area contributed by atoms with Gasteiger partial charge in [0, 0.05) is 18.3 Å². The molecule has 14 heavy (non-hydrogen) atoms. The third-order valence-electron chi connectivity index (χ3n) is 2.03. The first kappa shape index (κ1) is 11.2. The molecule has 0 unspecified atom stereocenters. The van der Waals surface area contributed by atoms with Crippen molar-refractivity contribution >= 4 is 17.5 Å². The largest absolute Gasteiger partial charge is 0.339 e. The van der Waals surface area contributed by atoms with Crippen molar-refractivity contribution in [2.75, 3.05) is 11.4 Å². The topological polar surface area (TPSA) is 29.0 Å². The lowest BCUT2D eigenvalue weighted by Crippen LogP contribution is -2.32. The maximum atomic E-state index is 5.88.